The number of methoxy groups -OCH3 is 1. The monoisotopic (exact) mass is 447 g/mol. The topological polar surface area (TPSA) is 46.6 Å². The number of aryl methyl sites for hydroxylation is 1. The molecule has 5 rings (SSSR count). The Balaban J connectivity index is 1.28. The third-order valence-corrected chi connectivity index (χ3v) is 6.27. The van der Waals surface area contributed by atoms with E-state index in [4.69, 9.17) is 4.74 Å². The van der Waals surface area contributed by atoms with Crippen LogP contribution in [-0.2, 0) is 6.42 Å². The van der Waals surface area contributed by atoms with Gasteiger partial charge in [0.15, 0.2) is 0 Å². The summed E-state index contributed by atoms with van der Waals surface area (Å²) in [6, 6.07) is 27.7. The van der Waals surface area contributed by atoms with Crippen LogP contribution in [0.25, 0.3) is 22.9 Å². The van der Waals surface area contributed by atoms with E-state index in [0.717, 1.165) is 35.1 Å². The van der Waals surface area contributed by atoms with Crippen LogP contribution in [0.1, 0.15) is 43.8 Å². The molecule has 0 saturated heterocycles. The van der Waals surface area contributed by atoms with Crippen LogP contribution in [0.4, 0.5) is 0 Å². The van der Waals surface area contributed by atoms with E-state index in [1.807, 2.05) is 24.3 Å². The average Bonchev–Trinajstić information content (AvgIpc) is 3.12. The zero-order valence-corrected chi connectivity index (χ0v) is 19.0. The van der Waals surface area contributed by atoms with Crippen molar-refractivity contribution >= 4 is 34.7 Å². The molecular formula is C30H25NO3. The van der Waals surface area contributed by atoms with Gasteiger partial charge in [0.25, 0.3) is 11.8 Å². The van der Waals surface area contributed by atoms with Gasteiger partial charge >= 0.3 is 0 Å². The normalized spacial score (nSPS) is 13.1. The molecule has 0 atom stereocenters. The summed E-state index contributed by atoms with van der Waals surface area (Å²) in [4.78, 5) is 26.5. The first-order valence-electron chi connectivity index (χ1n) is 11.4. The molecule has 0 spiro atoms. The van der Waals surface area contributed by atoms with Crippen molar-refractivity contribution in [1.29, 1.82) is 0 Å². The molecule has 0 radical (unpaired) electrons. The molecular weight excluding hydrogens is 422 g/mol. The van der Waals surface area contributed by atoms with Crippen LogP contribution in [0.3, 0.4) is 0 Å². The fourth-order valence-corrected chi connectivity index (χ4v) is 4.54. The van der Waals surface area contributed by atoms with Crippen LogP contribution in [0.2, 0.25) is 0 Å². The Morgan fingerprint density at radius 2 is 1.53 bits per heavy atom. The predicted molar refractivity (Wildman–Crippen MR) is 136 cm³/mol. The lowest BCUT2D eigenvalue weighted by Gasteiger charge is -2.13. The van der Waals surface area contributed by atoms with Gasteiger partial charge in [-0.15, -0.1) is 0 Å². The van der Waals surface area contributed by atoms with E-state index >= 15 is 0 Å². The Bertz CT molecular complexity index is 1380. The van der Waals surface area contributed by atoms with Gasteiger partial charge in [-0.05, 0) is 52.9 Å². The zero-order chi connectivity index (χ0) is 23.5. The molecule has 4 nitrogen and oxygen atoms in total. The number of rotatable bonds is 7. The average molecular weight is 448 g/mol. The Morgan fingerprint density at radius 3 is 2.29 bits per heavy atom. The molecule has 0 fully saturated rings. The van der Waals surface area contributed by atoms with Crippen LogP contribution < -0.4 is 4.74 Å². The summed E-state index contributed by atoms with van der Waals surface area (Å²) in [6.07, 6.45) is 5.69. The maximum atomic E-state index is 12.6. The largest absolute Gasteiger partial charge is 0.496 e. The number of carbonyl (C=O) groups excluding carboxylic acids is 2. The number of amides is 2. The number of carbonyl (C=O) groups is 2. The number of hydrogen-bond donors (Lipinski definition) is 0. The predicted octanol–water partition coefficient (Wildman–Crippen LogP) is 6.25. The first-order chi connectivity index (χ1) is 16.7. The van der Waals surface area contributed by atoms with Gasteiger partial charge in [-0.3, -0.25) is 14.5 Å². The lowest BCUT2D eigenvalue weighted by molar-refractivity contribution is 0.0652. The molecule has 1 aliphatic heterocycles. The van der Waals surface area contributed by atoms with Crippen molar-refractivity contribution in [3.8, 4) is 5.75 Å². The van der Waals surface area contributed by atoms with Gasteiger partial charge in [-0.25, -0.2) is 0 Å². The lowest BCUT2D eigenvalue weighted by atomic mass is 10.0. The van der Waals surface area contributed by atoms with Gasteiger partial charge in [-0.2, -0.15) is 0 Å². The molecule has 0 aliphatic carbocycles. The first kappa shape index (κ1) is 21.7. The van der Waals surface area contributed by atoms with E-state index in [9.17, 15) is 9.59 Å². The Kier molecular flexibility index (Phi) is 5.96. The summed E-state index contributed by atoms with van der Waals surface area (Å²) in [5.41, 5.74) is 4.32. The van der Waals surface area contributed by atoms with Crippen LogP contribution in [0.5, 0.6) is 5.75 Å². The van der Waals surface area contributed by atoms with Crippen molar-refractivity contribution in [3.05, 3.63) is 113 Å². The summed E-state index contributed by atoms with van der Waals surface area (Å²) >= 11 is 0. The number of nitrogens with zero attached hydrogens (tertiary/aromatic N) is 1. The van der Waals surface area contributed by atoms with E-state index in [1.54, 1.807) is 31.4 Å². The number of ether oxygens (including phenoxy) is 1. The van der Waals surface area contributed by atoms with E-state index in [1.165, 1.54) is 15.8 Å². The van der Waals surface area contributed by atoms with Crippen molar-refractivity contribution in [2.75, 3.05) is 13.7 Å². The van der Waals surface area contributed by atoms with E-state index in [2.05, 4.69) is 48.6 Å². The van der Waals surface area contributed by atoms with Gasteiger partial charge in [-0.1, -0.05) is 78.9 Å². The lowest BCUT2D eigenvalue weighted by Crippen LogP contribution is -2.30. The summed E-state index contributed by atoms with van der Waals surface area (Å²) < 4.78 is 5.60. The number of hydrogen-bond acceptors (Lipinski definition) is 3. The van der Waals surface area contributed by atoms with E-state index in [-0.39, 0.29) is 11.8 Å². The van der Waals surface area contributed by atoms with Crippen LogP contribution in [0.15, 0.2) is 84.9 Å². The van der Waals surface area contributed by atoms with Crippen molar-refractivity contribution in [2.24, 2.45) is 0 Å². The Hall–Kier alpha value is -4.18. The fraction of sp³-hybridized carbons (Fsp3) is 0.133. The minimum absolute atomic E-state index is 0.193. The molecule has 0 aromatic heterocycles. The smallest absolute Gasteiger partial charge is 0.261 e. The van der Waals surface area contributed by atoms with Gasteiger partial charge in [0, 0.05) is 12.1 Å². The van der Waals surface area contributed by atoms with Crippen molar-refractivity contribution in [1.82, 2.24) is 4.90 Å². The molecule has 2 amide bonds. The van der Waals surface area contributed by atoms with Gasteiger partial charge < -0.3 is 4.74 Å². The second-order valence-electron chi connectivity index (χ2n) is 8.39. The van der Waals surface area contributed by atoms with Gasteiger partial charge in [0.1, 0.15) is 5.75 Å². The highest BCUT2D eigenvalue weighted by Crippen LogP contribution is 2.30. The third kappa shape index (κ3) is 4.11. The Morgan fingerprint density at radius 1 is 0.794 bits per heavy atom. The van der Waals surface area contributed by atoms with E-state index in [0.29, 0.717) is 17.7 Å². The molecule has 168 valence electrons. The zero-order valence-electron chi connectivity index (χ0n) is 19.0. The highest BCUT2D eigenvalue weighted by atomic mass is 16.5. The molecule has 4 aromatic rings. The molecule has 1 aliphatic rings. The summed E-state index contributed by atoms with van der Waals surface area (Å²) in [5, 5.41) is 2.32. The number of fused-ring (bicyclic) bond motifs is 2. The first-order valence-corrected chi connectivity index (χ1v) is 11.4. The SMILES string of the molecule is COc1ccc2ccccc2c1C=Cc1cccc(CCCN2C(=O)c3ccccc3C2=O)c1. The molecule has 0 unspecified atom stereocenters. The minimum atomic E-state index is -0.193. The summed E-state index contributed by atoms with van der Waals surface area (Å²) in [5.74, 6) is 0.453. The van der Waals surface area contributed by atoms with Crippen molar-refractivity contribution in [3.63, 3.8) is 0 Å². The number of imide groups is 1. The second kappa shape index (κ2) is 9.36. The highest BCUT2D eigenvalue weighted by Gasteiger charge is 2.34. The Labute approximate surface area is 199 Å². The highest BCUT2D eigenvalue weighted by molar-refractivity contribution is 6.21. The molecule has 4 heteroatoms. The summed E-state index contributed by atoms with van der Waals surface area (Å²) in [7, 11) is 1.69. The third-order valence-electron chi connectivity index (χ3n) is 6.27. The second-order valence-corrected chi connectivity index (χ2v) is 8.39. The van der Waals surface area contributed by atoms with Crippen molar-refractivity contribution in [2.45, 2.75) is 12.8 Å². The molecule has 0 N–H and O–H groups in total. The maximum Gasteiger partial charge on any atom is 0.261 e. The number of benzene rings is 4. The summed E-state index contributed by atoms with van der Waals surface area (Å²) in [6.45, 7) is 0.416. The molecule has 0 saturated carbocycles. The van der Waals surface area contributed by atoms with Crippen LogP contribution >= 0.6 is 0 Å². The quantitative estimate of drug-likeness (QED) is 0.249. The van der Waals surface area contributed by atoms with E-state index < -0.39 is 0 Å². The fourth-order valence-electron chi connectivity index (χ4n) is 4.54. The van der Waals surface area contributed by atoms with Gasteiger partial charge in [0.2, 0.25) is 0 Å². The van der Waals surface area contributed by atoms with Crippen molar-refractivity contribution < 1.29 is 14.3 Å². The molecule has 34 heavy (non-hydrogen) atoms. The minimum Gasteiger partial charge on any atom is -0.496 e. The van der Waals surface area contributed by atoms with Crippen LogP contribution in [0, 0.1) is 0 Å². The van der Waals surface area contributed by atoms with Gasteiger partial charge in [0.05, 0.1) is 18.2 Å². The maximum absolute atomic E-state index is 12.6. The molecule has 1 heterocycles. The molecule has 0 bridgehead atoms. The molecule has 4 aromatic carbocycles. The standard InChI is InChI=1S/C30H25NO3/c1-34-28-18-16-23-11-2-3-12-24(23)25(28)17-15-22-9-6-8-21(20-22)10-7-19-31-29(32)26-13-4-5-14-27(26)30(31)33/h2-6,8-9,11-18,20H,7,10,19H2,1H3. The van der Waals surface area contributed by atoms with Crippen LogP contribution in [-0.4, -0.2) is 30.4 Å².